The molecule has 0 fully saturated rings. The molecule has 1 aromatic rings. The highest BCUT2D eigenvalue weighted by Crippen LogP contribution is 2.55. The van der Waals surface area contributed by atoms with Crippen LogP contribution in [-0.4, -0.2) is 24.2 Å². The molecule has 0 atom stereocenters. The molecule has 1 rings (SSSR count). The molecule has 0 aromatic heterocycles. The summed E-state index contributed by atoms with van der Waals surface area (Å²) in [6, 6.07) is -1.19. The van der Waals surface area contributed by atoms with Crippen molar-refractivity contribution in [2.45, 2.75) is 42.5 Å². The molecule has 1 aromatic carbocycles. The first-order valence-electron chi connectivity index (χ1n) is 6.74. The zero-order valence-electron chi connectivity index (χ0n) is 12.9. The van der Waals surface area contributed by atoms with Crippen molar-refractivity contribution in [3.05, 3.63) is 41.8 Å². The van der Waals surface area contributed by atoms with E-state index in [9.17, 15) is 61.5 Å². The fraction of sp³-hybridized carbons (Fsp3) is 0.500. The van der Waals surface area contributed by atoms with Gasteiger partial charge >= 0.3 is 36.0 Å². The van der Waals surface area contributed by atoms with Gasteiger partial charge in [-0.05, 0) is 25.0 Å². The van der Waals surface area contributed by atoms with Crippen LogP contribution in [0.25, 0.3) is 0 Å². The Balaban J connectivity index is 3.75. The molecule has 0 spiro atoms. The predicted molar refractivity (Wildman–Crippen MR) is 65.3 cm³/mol. The second-order valence-corrected chi connectivity index (χ2v) is 5.42. The van der Waals surface area contributed by atoms with Crippen molar-refractivity contribution in [2.24, 2.45) is 0 Å². The predicted octanol–water partition coefficient (Wildman–Crippen LogP) is 6.64. The van der Waals surface area contributed by atoms with E-state index in [0.29, 0.717) is 0 Å². The first-order chi connectivity index (χ1) is 12.2. The zero-order chi connectivity index (χ0) is 22.6. The molecule has 0 aliphatic rings. The van der Waals surface area contributed by atoms with Crippen LogP contribution in [0.2, 0.25) is 0 Å². The van der Waals surface area contributed by atoms with Gasteiger partial charge in [0.2, 0.25) is 0 Å². The molecule has 1 radical (unpaired) electrons. The van der Waals surface area contributed by atoms with Crippen LogP contribution in [0, 0.1) is 6.92 Å². The molecule has 0 saturated heterocycles. The van der Waals surface area contributed by atoms with Crippen molar-refractivity contribution in [3.8, 4) is 0 Å². The SMILES string of the molecule is [CH2]Cc1ccc(C(F)(F)C(F)(F)C(F)(F)F)cc1C(F)(F)C(F)(F)C(F)(F)F. The van der Waals surface area contributed by atoms with E-state index in [0.717, 1.165) is 0 Å². The summed E-state index contributed by atoms with van der Waals surface area (Å²) in [5, 5.41) is 0. The minimum absolute atomic E-state index is 0.0155. The van der Waals surface area contributed by atoms with Gasteiger partial charge in [-0.1, -0.05) is 12.1 Å². The van der Waals surface area contributed by atoms with Gasteiger partial charge in [0.05, 0.1) is 0 Å². The van der Waals surface area contributed by atoms with E-state index in [4.69, 9.17) is 0 Å². The Morgan fingerprint density at radius 1 is 0.607 bits per heavy atom. The van der Waals surface area contributed by atoms with Crippen LogP contribution in [0.5, 0.6) is 0 Å². The van der Waals surface area contributed by atoms with Crippen molar-refractivity contribution >= 4 is 0 Å². The smallest absolute Gasteiger partial charge is 0.194 e. The van der Waals surface area contributed by atoms with E-state index in [1.807, 2.05) is 0 Å². The quantitative estimate of drug-likeness (QED) is 0.450. The third-order valence-electron chi connectivity index (χ3n) is 3.58. The lowest BCUT2D eigenvalue weighted by atomic mass is 9.90. The molecule has 0 bridgehead atoms. The number of benzene rings is 1. The Labute approximate surface area is 147 Å². The monoisotopic (exact) mass is 441 g/mol. The van der Waals surface area contributed by atoms with Crippen LogP contribution in [0.3, 0.4) is 0 Å². The summed E-state index contributed by atoms with van der Waals surface area (Å²) in [5.41, 5.74) is -6.26. The zero-order valence-corrected chi connectivity index (χ0v) is 12.9. The lowest BCUT2D eigenvalue weighted by molar-refractivity contribution is -0.361. The van der Waals surface area contributed by atoms with E-state index in [-0.39, 0.29) is 12.1 Å². The van der Waals surface area contributed by atoms with Crippen molar-refractivity contribution in [2.75, 3.05) is 0 Å². The van der Waals surface area contributed by atoms with Gasteiger partial charge in [-0.15, -0.1) is 0 Å². The number of halogens is 14. The molecule has 0 aliphatic heterocycles. The molecular formula is C14H7F14. The Morgan fingerprint density at radius 2 is 1.00 bits per heavy atom. The first-order valence-corrected chi connectivity index (χ1v) is 6.74. The van der Waals surface area contributed by atoms with E-state index in [1.54, 1.807) is 0 Å². The number of hydrogen-bond donors (Lipinski definition) is 0. The normalized spacial score (nSPS) is 15.1. The van der Waals surface area contributed by atoms with Gasteiger partial charge in [-0.25, -0.2) is 0 Å². The second kappa shape index (κ2) is 6.65. The Hall–Kier alpha value is -1.76. The highest BCUT2D eigenvalue weighted by Gasteiger charge is 2.75. The van der Waals surface area contributed by atoms with E-state index < -0.39 is 65.2 Å². The van der Waals surface area contributed by atoms with Gasteiger partial charge in [-0.2, -0.15) is 61.5 Å². The molecule has 0 saturated carbocycles. The van der Waals surface area contributed by atoms with Crippen LogP contribution >= 0.6 is 0 Å². The average molecular weight is 441 g/mol. The Kier molecular flexibility index (Phi) is 5.76. The standard InChI is InChI=1S/C14H7F14/c1-2-6-3-4-7(9(15,16)11(19,20)13(23,24)25)5-8(6)10(17,18)12(21,22)14(26,27)28/h3-5H,1-2H2. The first kappa shape index (κ1) is 24.3. The largest absolute Gasteiger partial charge is 0.460 e. The van der Waals surface area contributed by atoms with Crippen molar-refractivity contribution in [1.29, 1.82) is 0 Å². The van der Waals surface area contributed by atoms with Gasteiger partial charge in [0, 0.05) is 11.1 Å². The van der Waals surface area contributed by atoms with Crippen LogP contribution in [0.15, 0.2) is 18.2 Å². The molecule has 0 amide bonds. The second-order valence-electron chi connectivity index (χ2n) is 5.42. The lowest BCUT2D eigenvalue weighted by Gasteiger charge is -2.32. The minimum Gasteiger partial charge on any atom is -0.194 e. The fourth-order valence-corrected chi connectivity index (χ4v) is 1.99. The van der Waals surface area contributed by atoms with E-state index >= 15 is 0 Å². The third kappa shape index (κ3) is 3.49. The van der Waals surface area contributed by atoms with Crippen molar-refractivity contribution in [1.82, 2.24) is 0 Å². The maximum Gasteiger partial charge on any atom is 0.460 e. The van der Waals surface area contributed by atoms with Crippen LogP contribution < -0.4 is 0 Å². The van der Waals surface area contributed by atoms with Gasteiger partial charge < -0.3 is 0 Å². The number of alkyl halides is 14. The lowest BCUT2D eigenvalue weighted by Crippen LogP contribution is -2.51. The third-order valence-corrected chi connectivity index (χ3v) is 3.58. The number of rotatable bonds is 5. The summed E-state index contributed by atoms with van der Waals surface area (Å²) in [7, 11) is 0. The molecule has 0 heterocycles. The highest BCUT2D eigenvalue weighted by molar-refractivity contribution is 5.40. The van der Waals surface area contributed by atoms with Crippen molar-refractivity contribution < 1.29 is 61.5 Å². The summed E-state index contributed by atoms with van der Waals surface area (Å²) in [6.07, 6.45) is -14.8. The fourth-order valence-electron chi connectivity index (χ4n) is 1.99. The maximum atomic E-state index is 13.8. The van der Waals surface area contributed by atoms with Crippen LogP contribution in [0.1, 0.15) is 16.7 Å². The number of hydrogen-bond acceptors (Lipinski definition) is 0. The summed E-state index contributed by atoms with van der Waals surface area (Å²) in [6.45, 7) is 2.88. The van der Waals surface area contributed by atoms with Crippen molar-refractivity contribution in [3.63, 3.8) is 0 Å². The summed E-state index contributed by atoms with van der Waals surface area (Å²) in [4.78, 5) is 0. The topological polar surface area (TPSA) is 0 Å². The average Bonchev–Trinajstić information content (AvgIpc) is 2.51. The molecular weight excluding hydrogens is 434 g/mol. The Bertz CT molecular complexity index is 710. The summed E-state index contributed by atoms with van der Waals surface area (Å²) >= 11 is 0. The maximum absolute atomic E-state index is 13.8. The molecule has 14 heteroatoms. The summed E-state index contributed by atoms with van der Waals surface area (Å²) in [5.74, 6) is -26.2. The van der Waals surface area contributed by atoms with E-state index in [1.165, 1.54) is 0 Å². The molecule has 161 valence electrons. The molecule has 0 nitrogen and oxygen atoms in total. The minimum atomic E-state index is -6.90. The van der Waals surface area contributed by atoms with Gasteiger partial charge in [-0.3, -0.25) is 0 Å². The van der Waals surface area contributed by atoms with Gasteiger partial charge in [0.25, 0.3) is 0 Å². The Morgan fingerprint density at radius 3 is 1.36 bits per heavy atom. The highest BCUT2D eigenvalue weighted by atomic mass is 19.4. The van der Waals surface area contributed by atoms with Gasteiger partial charge in [0.15, 0.2) is 0 Å². The van der Waals surface area contributed by atoms with Crippen LogP contribution in [0.4, 0.5) is 61.5 Å². The molecule has 0 unspecified atom stereocenters. The summed E-state index contributed by atoms with van der Waals surface area (Å²) < 4.78 is 181. The van der Waals surface area contributed by atoms with Crippen LogP contribution in [-0.2, 0) is 18.3 Å². The molecule has 28 heavy (non-hydrogen) atoms. The molecule has 0 aliphatic carbocycles. The van der Waals surface area contributed by atoms with E-state index in [2.05, 4.69) is 6.92 Å². The molecule has 0 N–H and O–H groups in total. The van der Waals surface area contributed by atoms with Gasteiger partial charge in [0.1, 0.15) is 0 Å².